The molecule has 0 fully saturated rings. The minimum Gasteiger partial charge on any atom is -0.458 e. The van der Waals surface area contributed by atoms with E-state index in [1.165, 1.54) is 31.4 Å². The Hall–Kier alpha value is -3.51. The van der Waals surface area contributed by atoms with Crippen molar-refractivity contribution >= 4 is 34.4 Å². The Morgan fingerprint density at radius 1 is 1.18 bits per heavy atom. The quantitative estimate of drug-likeness (QED) is 0.224. The van der Waals surface area contributed by atoms with Crippen molar-refractivity contribution in [2.45, 2.75) is 84.9 Å². The molecule has 1 aromatic carbocycles. The number of hydrogen-bond donors (Lipinski definition) is 2. The molecule has 0 unspecified atom stereocenters. The summed E-state index contributed by atoms with van der Waals surface area (Å²) in [7, 11) is 0. The van der Waals surface area contributed by atoms with Gasteiger partial charge in [-0.15, -0.1) is 0 Å². The molecule has 234 valence electrons. The molecule has 0 radical (unpaired) electrons. The van der Waals surface area contributed by atoms with Crippen LogP contribution >= 0.6 is 11.6 Å². The Balaban J connectivity index is 1.59. The lowest BCUT2D eigenvalue weighted by molar-refractivity contribution is -0.243. The zero-order chi connectivity index (χ0) is 32.3. The van der Waals surface area contributed by atoms with Gasteiger partial charge in [-0.1, -0.05) is 39.3 Å². The van der Waals surface area contributed by atoms with Gasteiger partial charge in [0.1, 0.15) is 17.8 Å². The number of alkyl halides is 3. The predicted octanol–water partition coefficient (Wildman–Crippen LogP) is 5.59. The summed E-state index contributed by atoms with van der Waals surface area (Å²) in [6.45, 7) is 6.06. The monoisotopic (exact) mass is 635 g/mol. The normalized spacial score (nSPS) is 22.2. The summed E-state index contributed by atoms with van der Waals surface area (Å²) >= 11 is 6.37. The standard InChI is InChI=1S/C31H30ClF4N3O5/c1-6-30(43)16-9-20-24-14(11-39(20)25(40)15(16)12-44-27(30)42)22-18(38-26(41)29(5,28(2,3)4)31(34,35)36)8-7-13-21(22)19(37-24)10-17(33)23(13)32/h9-10,18,43H,6-8,11-12H2,1-5H3,(H,38,41)/t18-,29+,30-/m0/s1. The fraction of sp³-hybridized carbons (Fsp3) is 0.484. The number of aliphatic hydroxyl groups is 1. The molecule has 2 aliphatic heterocycles. The van der Waals surface area contributed by atoms with Crippen LogP contribution < -0.4 is 10.9 Å². The van der Waals surface area contributed by atoms with Crippen LogP contribution in [-0.4, -0.2) is 32.7 Å². The van der Waals surface area contributed by atoms with Crippen molar-refractivity contribution in [2.75, 3.05) is 0 Å². The van der Waals surface area contributed by atoms with Crippen molar-refractivity contribution in [1.29, 1.82) is 0 Å². The topological polar surface area (TPSA) is 111 Å². The highest BCUT2D eigenvalue weighted by atomic mass is 35.5. The predicted molar refractivity (Wildman–Crippen MR) is 152 cm³/mol. The summed E-state index contributed by atoms with van der Waals surface area (Å²) in [5, 5.41) is 14.1. The number of cyclic esters (lactones) is 1. The van der Waals surface area contributed by atoms with Crippen molar-refractivity contribution in [2.24, 2.45) is 10.8 Å². The van der Waals surface area contributed by atoms with Crippen LogP contribution in [-0.2, 0) is 39.5 Å². The Morgan fingerprint density at radius 2 is 1.86 bits per heavy atom. The van der Waals surface area contributed by atoms with Gasteiger partial charge in [-0.05, 0) is 48.8 Å². The second-order valence-electron chi connectivity index (χ2n) is 12.9. The molecule has 0 saturated carbocycles. The summed E-state index contributed by atoms with van der Waals surface area (Å²) in [6.07, 6.45) is -4.67. The van der Waals surface area contributed by atoms with Crippen LogP contribution in [0, 0.1) is 16.6 Å². The van der Waals surface area contributed by atoms with Gasteiger partial charge in [0, 0.05) is 22.6 Å². The van der Waals surface area contributed by atoms with Gasteiger partial charge in [0.05, 0.1) is 40.1 Å². The van der Waals surface area contributed by atoms with Gasteiger partial charge in [-0.25, -0.2) is 14.2 Å². The van der Waals surface area contributed by atoms with E-state index >= 15 is 0 Å². The van der Waals surface area contributed by atoms with E-state index in [1.54, 1.807) is 6.92 Å². The van der Waals surface area contributed by atoms with Crippen molar-refractivity contribution in [1.82, 2.24) is 14.9 Å². The lowest BCUT2D eigenvalue weighted by Crippen LogP contribution is -2.56. The molecule has 2 aromatic heterocycles. The van der Waals surface area contributed by atoms with Gasteiger partial charge in [0.15, 0.2) is 5.60 Å². The van der Waals surface area contributed by atoms with E-state index in [9.17, 15) is 37.1 Å². The first-order chi connectivity index (χ1) is 20.4. The molecular weight excluding hydrogens is 606 g/mol. The lowest BCUT2D eigenvalue weighted by Gasteiger charge is -2.42. The number of rotatable bonds is 3. The Bertz CT molecular complexity index is 1850. The number of ether oxygens (including phenoxy) is 1. The smallest absolute Gasteiger partial charge is 0.403 e. The van der Waals surface area contributed by atoms with Crippen molar-refractivity contribution in [3.05, 3.63) is 61.1 Å². The van der Waals surface area contributed by atoms with E-state index in [1.807, 2.05) is 0 Å². The van der Waals surface area contributed by atoms with Crippen LogP contribution in [0.3, 0.4) is 0 Å². The SMILES string of the molecule is CC[C@@]1(O)C(=O)OCc2c1cc1n(c2=O)Cc2c-1nc1cc(F)c(Cl)c3c1c2[C@@H](NC(=O)[C@](C)(C(C)(C)C)C(F)(F)F)CC3. The number of carbonyl (C=O) groups is 2. The number of fused-ring (bicyclic) bond motifs is 5. The summed E-state index contributed by atoms with van der Waals surface area (Å²) < 4.78 is 64.9. The summed E-state index contributed by atoms with van der Waals surface area (Å²) in [4.78, 5) is 44.6. The van der Waals surface area contributed by atoms with Gasteiger partial charge in [-0.2, -0.15) is 13.2 Å². The molecule has 0 spiro atoms. The highest BCUT2D eigenvalue weighted by Gasteiger charge is 2.63. The zero-order valence-corrected chi connectivity index (χ0v) is 25.4. The number of aryl methyl sites for hydroxylation is 1. The number of hydrogen-bond acceptors (Lipinski definition) is 6. The number of halogens is 5. The molecule has 4 heterocycles. The number of amides is 1. The average molecular weight is 636 g/mol. The minimum atomic E-state index is -4.87. The number of carbonyl (C=O) groups excluding carboxylic acids is 2. The van der Waals surface area contributed by atoms with Crippen molar-refractivity contribution < 1.29 is 37.0 Å². The van der Waals surface area contributed by atoms with E-state index in [2.05, 4.69) is 10.3 Å². The van der Waals surface area contributed by atoms with E-state index in [0.717, 1.165) is 13.0 Å². The molecule has 13 heteroatoms. The number of benzene rings is 1. The molecule has 1 amide bonds. The maximum atomic E-state index is 15.0. The van der Waals surface area contributed by atoms with E-state index in [4.69, 9.17) is 16.3 Å². The molecule has 6 rings (SSSR count). The molecular formula is C31H30ClF4N3O5. The van der Waals surface area contributed by atoms with Crippen LogP contribution in [0.5, 0.6) is 0 Å². The number of esters is 1. The third-order valence-electron chi connectivity index (χ3n) is 9.87. The second-order valence-corrected chi connectivity index (χ2v) is 13.3. The van der Waals surface area contributed by atoms with E-state index in [-0.39, 0.29) is 65.5 Å². The van der Waals surface area contributed by atoms with Crippen molar-refractivity contribution in [3.8, 4) is 11.4 Å². The first-order valence-electron chi connectivity index (χ1n) is 14.2. The zero-order valence-electron chi connectivity index (χ0n) is 24.6. The molecule has 0 saturated heterocycles. The molecule has 3 aliphatic rings. The molecule has 3 atom stereocenters. The fourth-order valence-electron chi connectivity index (χ4n) is 6.70. The number of nitrogens with zero attached hydrogens (tertiary/aromatic N) is 2. The molecule has 0 bridgehead atoms. The lowest BCUT2D eigenvalue weighted by atomic mass is 9.66. The molecule has 2 N–H and O–H groups in total. The van der Waals surface area contributed by atoms with Gasteiger partial charge in [0.2, 0.25) is 5.91 Å². The molecule has 44 heavy (non-hydrogen) atoms. The van der Waals surface area contributed by atoms with Crippen LogP contribution in [0.4, 0.5) is 17.6 Å². The van der Waals surface area contributed by atoms with Gasteiger partial charge < -0.3 is 19.7 Å². The van der Waals surface area contributed by atoms with Crippen molar-refractivity contribution in [3.63, 3.8) is 0 Å². The maximum absolute atomic E-state index is 15.0. The molecule has 3 aromatic rings. The van der Waals surface area contributed by atoms with Crippen LogP contribution in [0.25, 0.3) is 22.3 Å². The number of nitrogens with one attached hydrogen (secondary N) is 1. The average Bonchev–Trinajstić information content (AvgIpc) is 3.31. The van der Waals surface area contributed by atoms with E-state index in [0.29, 0.717) is 22.1 Å². The van der Waals surface area contributed by atoms with Crippen LogP contribution in [0.1, 0.15) is 81.3 Å². The Kier molecular flexibility index (Phi) is 6.59. The van der Waals surface area contributed by atoms with Gasteiger partial charge >= 0.3 is 12.1 Å². The highest BCUT2D eigenvalue weighted by molar-refractivity contribution is 6.32. The fourth-order valence-corrected chi connectivity index (χ4v) is 6.94. The van der Waals surface area contributed by atoms with Gasteiger partial charge in [-0.3, -0.25) is 9.59 Å². The first-order valence-corrected chi connectivity index (χ1v) is 14.6. The maximum Gasteiger partial charge on any atom is 0.403 e. The summed E-state index contributed by atoms with van der Waals surface area (Å²) in [6, 6.07) is 1.65. The summed E-state index contributed by atoms with van der Waals surface area (Å²) in [5.74, 6) is -2.85. The van der Waals surface area contributed by atoms with E-state index < -0.39 is 51.9 Å². The van der Waals surface area contributed by atoms with Crippen LogP contribution in [0.2, 0.25) is 5.02 Å². The first kappa shape index (κ1) is 30.5. The summed E-state index contributed by atoms with van der Waals surface area (Å²) in [5.41, 5.74) is -4.82. The second kappa shape index (κ2) is 9.50. The third kappa shape index (κ3) is 3.92. The Labute approximate surface area is 254 Å². The van der Waals surface area contributed by atoms with Gasteiger partial charge in [0.25, 0.3) is 5.56 Å². The minimum absolute atomic E-state index is 0.0653. The number of pyridine rings is 2. The number of aromatic nitrogens is 2. The third-order valence-corrected chi connectivity index (χ3v) is 10.3. The highest BCUT2D eigenvalue weighted by Crippen LogP contribution is 2.52. The largest absolute Gasteiger partial charge is 0.458 e. The Morgan fingerprint density at radius 3 is 2.48 bits per heavy atom. The van der Waals surface area contributed by atoms with Crippen LogP contribution in [0.15, 0.2) is 16.9 Å². The molecule has 8 nitrogen and oxygen atoms in total. The molecule has 1 aliphatic carbocycles.